The van der Waals surface area contributed by atoms with Crippen molar-refractivity contribution in [2.24, 2.45) is 5.14 Å². The van der Waals surface area contributed by atoms with Gasteiger partial charge in [-0.15, -0.1) is 0 Å². The van der Waals surface area contributed by atoms with E-state index >= 15 is 0 Å². The summed E-state index contributed by atoms with van der Waals surface area (Å²) in [4.78, 5) is 28.3. The highest BCUT2D eigenvalue weighted by atomic mass is 35.5. The number of anilines is 1. The number of halogens is 1. The number of hydrogen-bond acceptors (Lipinski definition) is 6. The molecule has 8 nitrogen and oxygen atoms in total. The van der Waals surface area contributed by atoms with Crippen LogP contribution in [0.15, 0.2) is 47.4 Å². The molecule has 2 N–H and O–H groups in total. The summed E-state index contributed by atoms with van der Waals surface area (Å²) in [5.74, 6) is -0.784. The first kappa shape index (κ1) is 21.1. The van der Waals surface area contributed by atoms with E-state index < -0.39 is 16.0 Å². The molecule has 1 amide bonds. The molecule has 1 aliphatic heterocycles. The highest BCUT2D eigenvalue weighted by molar-refractivity contribution is 7.89. The molecule has 1 heterocycles. The lowest BCUT2D eigenvalue weighted by Gasteiger charge is -2.36. The number of nitrogens with zero attached hydrogens (tertiary/aromatic N) is 2. The van der Waals surface area contributed by atoms with Crippen LogP contribution in [0.4, 0.5) is 5.69 Å². The zero-order chi connectivity index (χ0) is 21.2. The van der Waals surface area contributed by atoms with Crippen LogP contribution in [0.25, 0.3) is 0 Å². The summed E-state index contributed by atoms with van der Waals surface area (Å²) in [7, 11) is -2.74. The number of benzene rings is 2. The van der Waals surface area contributed by atoms with Gasteiger partial charge in [0, 0.05) is 36.8 Å². The first-order valence-corrected chi connectivity index (χ1v) is 10.7. The number of carbonyl (C=O) groups excluding carboxylic acids is 2. The highest BCUT2D eigenvalue weighted by Crippen LogP contribution is 2.26. The Morgan fingerprint density at radius 2 is 1.76 bits per heavy atom. The topological polar surface area (TPSA) is 110 Å². The fourth-order valence-corrected chi connectivity index (χ4v) is 3.93. The molecule has 0 atom stereocenters. The number of esters is 1. The van der Waals surface area contributed by atoms with Crippen LogP contribution < -0.4 is 10.0 Å². The molecule has 1 saturated heterocycles. The van der Waals surface area contributed by atoms with Crippen molar-refractivity contribution in [2.75, 3.05) is 38.2 Å². The van der Waals surface area contributed by atoms with E-state index in [0.717, 1.165) is 0 Å². The summed E-state index contributed by atoms with van der Waals surface area (Å²) in [5.41, 5.74) is 1.14. The second kappa shape index (κ2) is 8.40. The fraction of sp³-hybridized carbons (Fsp3) is 0.263. The van der Waals surface area contributed by atoms with E-state index in [1.54, 1.807) is 29.2 Å². The molecule has 0 radical (unpaired) electrons. The monoisotopic (exact) mass is 437 g/mol. The second-order valence-electron chi connectivity index (χ2n) is 6.51. The lowest BCUT2D eigenvalue weighted by atomic mass is 10.1. The van der Waals surface area contributed by atoms with E-state index in [0.29, 0.717) is 42.5 Å². The average Bonchev–Trinajstić information content (AvgIpc) is 2.71. The number of piperazine rings is 1. The summed E-state index contributed by atoms with van der Waals surface area (Å²) >= 11 is 5.96. The molecule has 1 aliphatic rings. The van der Waals surface area contributed by atoms with E-state index in [1.807, 2.05) is 4.90 Å². The Kier molecular flexibility index (Phi) is 6.11. The number of nitrogens with two attached hydrogens (primary N) is 1. The molecule has 2 aromatic carbocycles. The van der Waals surface area contributed by atoms with Gasteiger partial charge in [-0.25, -0.2) is 18.4 Å². The molecule has 154 valence electrons. The number of carbonyl (C=O) groups is 2. The first-order chi connectivity index (χ1) is 13.7. The molecule has 3 rings (SSSR count). The van der Waals surface area contributed by atoms with Gasteiger partial charge in [0.1, 0.15) is 0 Å². The molecule has 0 aromatic heterocycles. The third-order valence-electron chi connectivity index (χ3n) is 4.68. The zero-order valence-corrected chi connectivity index (χ0v) is 17.2. The smallest absolute Gasteiger partial charge is 0.340 e. The molecule has 0 unspecified atom stereocenters. The van der Waals surface area contributed by atoms with Gasteiger partial charge in [0.25, 0.3) is 5.91 Å². The minimum absolute atomic E-state index is 0.105. The molecule has 0 aliphatic carbocycles. The molecule has 1 fully saturated rings. The Morgan fingerprint density at radius 3 is 2.34 bits per heavy atom. The zero-order valence-electron chi connectivity index (χ0n) is 15.7. The fourth-order valence-electron chi connectivity index (χ4n) is 3.20. The Bertz CT molecular complexity index is 1050. The van der Waals surface area contributed by atoms with Gasteiger partial charge in [-0.1, -0.05) is 17.7 Å². The van der Waals surface area contributed by atoms with Crippen molar-refractivity contribution in [1.29, 1.82) is 0 Å². The maximum absolute atomic E-state index is 12.7. The predicted octanol–water partition coefficient (Wildman–Crippen LogP) is 1.74. The summed E-state index contributed by atoms with van der Waals surface area (Å²) in [6.45, 7) is 1.79. The summed E-state index contributed by atoms with van der Waals surface area (Å²) in [5, 5.41) is 5.66. The van der Waals surface area contributed by atoms with E-state index in [4.69, 9.17) is 21.5 Å². The maximum Gasteiger partial charge on any atom is 0.340 e. The molecule has 2 aromatic rings. The van der Waals surface area contributed by atoms with Crippen molar-refractivity contribution in [3.05, 3.63) is 58.6 Å². The quantitative estimate of drug-likeness (QED) is 0.729. The van der Waals surface area contributed by atoms with Crippen molar-refractivity contribution in [2.45, 2.75) is 4.90 Å². The van der Waals surface area contributed by atoms with Crippen LogP contribution in [0.5, 0.6) is 0 Å². The van der Waals surface area contributed by atoms with Crippen molar-refractivity contribution < 1.29 is 22.7 Å². The lowest BCUT2D eigenvalue weighted by Crippen LogP contribution is -2.49. The molecular formula is C19H20ClN3O5S. The van der Waals surface area contributed by atoms with Gasteiger partial charge in [0.15, 0.2) is 0 Å². The van der Waals surface area contributed by atoms with E-state index in [9.17, 15) is 18.0 Å². The van der Waals surface area contributed by atoms with Crippen LogP contribution in [-0.2, 0) is 14.8 Å². The summed E-state index contributed by atoms with van der Waals surface area (Å²) in [6.07, 6.45) is 0. The minimum atomic E-state index is -3.96. The Labute approximate surface area is 173 Å². The number of hydrogen-bond donors (Lipinski definition) is 1. The van der Waals surface area contributed by atoms with Gasteiger partial charge >= 0.3 is 5.97 Å². The molecular weight excluding hydrogens is 418 g/mol. The van der Waals surface area contributed by atoms with Crippen LogP contribution in [0.1, 0.15) is 20.7 Å². The lowest BCUT2D eigenvalue weighted by molar-refractivity contribution is 0.0599. The van der Waals surface area contributed by atoms with E-state index in [2.05, 4.69) is 0 Å². The van der Waals surface area contributed by atoms with Gasteiger partial charge in [-0.3, -0.25) is 4.79 Å². The standard InChI is InChI=1S/C19H20ClN3O5S/c1-28-19(25)16-12-15(29(21,26)27)5-6-17(16)22-7-9-23(10-8-22)18(24)13-3-2-4-14(20)11-13/h2-6,11-12H,7-10H2,1H3,(H2,21,26,27). The molecule has 10 heteroatoms. The van der Waals surface area contributed by atoms with Gasteiger partial charge in [-0.2, -0.15) is 0 Å². The van der Waals surface area contributed by atoms with E-state index in [-0.39, 0.29) is 16.4 Å². The molecule has 0 spiro atoms. The molecule has 0 bridgehead atoms. The highest BCUT2D eigenvalue weighted by Gasteiger charge is 2.26. The van der Waals surface area contributed by atoms with Gasteiger partial charge in [0.2, 0.25) is 10.0 Å². The molecule has 0 saturated carbocycles. The Balaban J connectivity index is 1.80. The van der Waals surface area contributed by atoms with Crippen LogP contribution in [0, 0.1) is 0 Å². The first-order valence-electron chi connectivity index (χ1n) is 8.75. The van der Waals surface area contributed by atoms with Crippen LogP contribution in [0.3, 0.4) is 0 Å². The number of primary sulfonamides is 1. The largest absolute Gasteiger partial charge is 0.465 e. The van der Waals surface area contributed by atoms with Gasteiger partial charge < -0.3 is 14.5 Å². The van der Waals surface area contributed by atoms with Crippen LogP contribution >= 0.6 is 11.6 Å². The van der Waals surface area contributed by atoms with Crippen molar-refractivity contribution in [3.63, 3.8) is 0 Å². The minimum Gasteiger partial charge on any atom is -0.465 e. The summed E-state index contributed by atoms with van der Waals surface area (Å²) in [6, 6.07) is 10.8. The number of rotatable bonds is 4. The third-order valence-corrected chi connectivity index (χ3v) is 5.83. The number of methoxy groups -OCH3 is 1. The Morgan fingerprint density at radius 1 is 1.07 bits per heavy atom. The number of ether oxygens (including phenoxy) is 1. The normalized spacial score (nSPS) is 14.6. The average molecular weight is 438 g/mol. The third kappa shape index (κ3) is 4.69. The predicted molar refractivity (Wildman–Crippen MR) is 109 cm³/mol. The number of amides is 1. The van der Waals surface area contributed by atoms with Crippen LogP contribution in [-0.4, -0.2) is 58.5 Å². The van der Waals surface area contributed by atoms with Gasteiger partial charge in [0.05, 0.1) is 23.3 Å². The van der Waals surface area contributed by atoms with Crippen LogP contribution in [0.2, 0.25) is 5.02 Å². The SMILES string of the molecule is COC(=O)c1cc(S(N)(=O)=O)ccc1N1CCN(C(=O)c2cccc(Cl)c2)CC1. The van der Waals surface area contributed by atoms with Crippen molar-refractivity contribution in [3.8, 4) is 0 Å². The van der Waals surface area contributed by atoms with Crippen molar-refractivity contribution in [1.82, 2.24) is 4.90 Å². The van der Waals surface area contributed by atoms with Gasteiger partial charge in [-0.05, 0) is 36.4 Å². The van der Waals surface area contributed by atoms with Crippen molar-refractivity contribution >= 4 is 39.2 Å². The second-order valence-corrected chi connectivity index (χ2v) is 8.50. The molecule has 29 heavy (non-hydrogen) atoms. The Hall–Kier alpha value is -2.62. The summed E-state index contributed by atoms with van der Waals surface area (Å²) < 4.78 is 28.0. The maximum atomic E-state index is 12.7. The van der Waals surface area contributed by atoms with E-state index in [1.165, 1.54) is 25.3 Å². The number of sulfonamides is 1.